The lowest BCUT2D eigenvalue weighted by Crippen LogP contribution is -2.33. The van der Waals surface area contributed by atoms with Crippen molar-refractivity contribution in [2.75, 3.05) is 0 Å². The molecule has 0 saturated heterocycles. The summed E-state index contributed by atoms with van der Waals surface area (Å²) in [4.78, 5) is 4.17. The molecule has 1 fully saturated rings. The van der Waals surface area contributed by atoms with Crippen LogP contribution in [0.2, 0.25) is 0 Å². The summed E-state index contributed by atoms with van der Waals surface area (Å²) >= 11 is 0. The van der Waals surface area contributed by atoms with E-state index in [4.69, 9.17) is 0 Å². The SMILES string of the molecule is Fc1cccc2c1N=CC21CCC1. The quantitative estimate of drug-likeness (QED) is 0.574. The van der Waals surface area contributed by atoms with E-state index in [1.54, 1.807) is 6.07 Å². The van der Waals surface area contributed by atoms with E-state index in [1.165, 1.54) is 12.5 Å². The second kappa shape index (κ2) is 2.19. The van der Waals surface area contributed by atoms with Crippen molar-refractivity contribution in [3.8, 4) is 0 Å². The third-order valence-corrected chi connectivity index (χ3v) is 3.21. The first-order valence-corrected chi connectivity index (χ1v) is 4.66. The molecule has 1 aliphatic carbocycles. The van der Waals surface area contributed by atoms with Gasteiger partial charge >= 0.3 is 0 Å². The monoisotopic (exact) mass is 175 g/mol. The van der Waals surface area contributed by atoms with Crippen LogP contribution in [0.4, 0.5) is 10.1 Å². The highest BCUT2D eigenvalue weighted by atomic mass is 19.1. The van der Waals surface area contributed by atoms with Crippen LogP contribution in [0.3, 0.4) is 0 Å². The van der Waals surface area contributed by atoms with E-state index in [2.05, 4.69) is 4.99 Å². The van der Waals surface area contributed by atoms with Crippen molar-refractivity contribution in [2.24, 2.45) is 4.99 Å². The van der Waals surface area contributed by atoms with Crippen molar-refractivity contribution in [3.63, 3.8) is 0 Å². The number of hydrogen-bond acceptors (Lipinski definition) is 1. The van der Waals surface area contributed by atoms with Gasteiger partial charge in [0.1, 0.15) is 11.5 Å². The highest BCUT2D eigenvalue weighted by molar-refractivity contribution is 5.86. The topological polar surface area (TPSA) is 12.4 Å². The minimum atomic E-state index is -0.183. The molecule has 1 spiro atoms. The number of rotatable bonds is 0. The first kappa shape index (κ1) is 7.25. The second-order valence-electron chi connectivity index (χ2n) is 3.90. The largest absolute Gasteiger partial charge is 0.257 e. The summed E-state index contributed by atoms with van der Waals surface area (Å²) in [6, 6.07) is 5.27. The first-order valence-electron chi connectivity index (χ1n) is 4.66. The zero-order valence-electron chi connectivity index (χ0n) is 7.26. The van der Waals surface area contributed by atoms with Gasteiger partial charge in [0.05, 0.1) is 0 Å². The van der Waals surface area contributed by atoms with Crippen LogP contribution in [0.5, 0.6) is 0 Å². The van der Waals surface area contributed by atoms with Gasteiger partial charge in [-0.3, -0.25) is 4.99 Å². The normalized spacial score (nSPS) is 21.6. The van der Waals surface area contributed by atoms with E-state index >= 15 is 0 Å². The summed E-state index contributed by atoms with van der Waals surface area (Å²) in [7, 11) is 0. The van der Waals surface area contributed by atoms with Crippen molar-refractivity contribution >= 4 is 11.9 Å². The lowest BCUT2D eigenvalue weighted by atomic mass is 9.66. The molecule has 3 rings (SSSR count). The highest BCUT2D eigenvalue weighted by Crippen LogP contribution is 2.50. The van der Waals surface area contributed by atoms with Crippen LogP contribution >= 0.6 is 0 Å². The van der Waals surface area contributed by atoms with Gasteiger partial charge in [0, 0.05) is 11.6 Å². The molecule has 1 saturated carbocycles. The summed E-state index contributed by atoms with van der Waals surface area (Å²) in [5.74, 6) is -0.183. The Balaban J connectivity index is 2.21. The molecule has 0 amide bonds. The molecule has 1 nitrogen and oxygen atoms in total. The van der Waals surface area contributed by atoms with Gasteiger partial charge in [0.15, 0.2) is 0 Å². The standard InChI is InChI=1S/C11H10FN/c12-9-4-1-3-8-10(9)13-7-11(8)5-2-6-11/h1,3-4,7H,2,5-6H2. The predicted molar refractivity (Wildman–Crippen MR) is 50.1 cm³/mol. The van der Waals surface area contributed by atoms with Crippen LogP contribution in [-0.2, 0) is 5.41 Å². The van der Waals surface area contributed by atoms with Gasteiger partial charge in [0.25, 0.3) is 0 Å². The predicted octanol–water partition coefficient (Wildman–Crippen LogP) is 2.96. The Morgan fingerprint density at radius 2 is 2.15 bits per heavy atom. The van der Waals surface area contributed by atoms with E-state index in [0.717, 1.165) is 18.4 Å². The number of nitrogens with zero attached hydrogens (tertiary/aromatic N) is 1. The molecule has 0 N–H and O–H groups in total. The van der Waals surface area contributed by atoms with Crippen LogP contribution < -0.4 is 0 Å². The number of halogens is 1. The number of fused-ring (bicyclic) bond motifs is 2. The van der Waals surface area contributed by atoms with E-state index in [0.29, 0.717) is 5.69 Å². The minimum Gasteiger partial charge on any atom is -0.257 e. The van der Waals surface area contributed by atoms with Crippen molar-refractivity contribution in [3.05, 3.63) is 29.6 Å². The molecular formula is C11H10FN. The Hall–Kier alpha value is -1.18. The molecule has 0 aromatic heterocycles. The fraction of sp³-hybridized carbons (Fsp3) is 0.364. The summed E-state index contributed by atoms with van der Waals surface area (Å²) in [6.07, 6.45) is 5.44. The molecule has 0 unspecified atom stereocenters. The summed E-state index contributed by atoms with van der Waals surface area (Å²) < 4.78 is 13.3. The molecule has 1 aromatic carbocycles. The molecule has 66 valence electrons. The van der Waals surface area contributed by atoms with Gasteiger partial charge in [-0.1, -0.05) is 18.6 Å². The van der Waals surface area contributed by atoms with Gasteiger partial charge in [-0.2, -0.15) is 0 Å². The van der Waals surface area contributed by atoms with Gasteiger partial charge in [-0.15, -0.1) is 0 Å². The molecule has 0 bridgehead atoms. The molecule has 1 aromatic rings. The van der Waals surface area contributed by atoms with Gasteiger partial charge < -0.3 is 0 Å². The lowest BCUT2D eigenvalue weighted by molar-refractivity contribution is 0.353. The Morgan fingerprint density at radius 3 is 2.85 bits per heavy atom. The number of para-hydroxylation sites is 1. The van der Waals surface area contributed by atoms with Crippen LogP contribution in [0.25, 0.3) is 0 Å². The molecule has 0 radical (unpaired) electrons. The molecular weight excluding hydrogens is 165 g/mol. The molecule has 13 heavy (non-hydrogen) atoms. The fourth-order valence-corrected chi connectivity index (χ4v) is 2.26. The minimum absolute atomic E-state index is 0.109. The van der Waals surface area contributed by atoms with Crippen LogP contribution in [0, 0.1) is 5.82 Å². The second-order valence-corrected chi connectivity index (χ2v) is 3.90. The zero-order valence-corrected chi connectivity index (χ0v) is 7.26. The van der Waals surface area contributed by atoms with E-state index < -0.39 is 0 Å². The van der Waals surface area contributed by atoms with Crippen LogP contribution in [0.15, 0.2) is 23.2 Å². The molecule has 1 aliphatic heterocycles. The maximum atomic E-state index is 13.3. The fourth-order valence-electron chi connectivity index (χ4n) is 2.26. The average Bonchev–Trinajstić information content (AvgIpc) is 2.44. The molecule has 2 aliphatic rings. The maximum Gasteiger partial charge on any atom is 0.149 e. The number of hydrogen-bond donors (Lipinski definition) is 0. The molecule has 1 heterocycles. The highest BCUT2D eigenvalue weighted by Gasteiger charge is 2.42. The summed E-state index contributed by atoms with van der Waals surface area (Å²) in [5, 5.41) is 0. The van der Waals surface area contributed by atoms with Crippen molar-refractivity contribution in [1.82, 2.24) is 0 Å². The Labute approximate surface area is 76.3 Å². The maximum absolute atomic E-state index is 13.3. The van der Waals surface area contributed by atoms with Crippen LogP contribution in [0.1, 0.15) is 24.8 Å². The molecule has 0 atom stereocenters. The van der Waals surface area contributed by atoms with Gasteiger partial charge in [0.2, 0.25) is 0 Å². The number of aliphatic imine (C=N–C) groups is 1. The van der Waals surface area contributed by atoms with Crippen molar-refractivity contribution < 1.29 is 4.39 Å². The van der Waals surface area contributed by atoms with Crippen LogP contribution in [-0.4, -0.2) is 6.21 Å². The Morgan fingerprint density at radius 1 is 1.31 bits per heavy atom. The van der Waals surface area contributed by atoms with Crippen molar-refractivity contribution in [1.29, 1.82) is 0 Å². The van der Waals surface area contributed by atoms with E-state index in [1.807, 2.05) is 12.3 Å². The Bertz CT molecular complexity index is 391. The Kier molecular flexibility index (Phi) is 1.22. The smallest absolute Gasteiger partial charge is 0.149 e. The van der Waals surface area contributed by atoms with E-state index in [9.17, 15) is 4.39 Å². The molecule has 2 heteroatoms. The van der Waals surface area contributed by atoms with Crippen molar-refractivity contribution in [2.45, 2.75) is 24.7 Å². The van der Waals surface area contributed by atoms with E-state index in [-0.39, 0.29) is 11.2 Å². The average molecular weight is 175 g/mol. The number of benzene rings is 1. The third-order valence-electron chi connectivity index (χ3n) is 3.21. The first-order chi connectivity index (χ1) is 6.32. The van der Waals surface area contributed by atoms with Gasteiger partial charge in [-0.05, 0) is 24.5 Å². The summed E-state index contributed by atoms with van der Waals surface area (Å²) in [5.41, 5.74) is 1.78. The lowest BCUT2D eigenvalue weighted by Gasteiger charge is -2.36. The third kappa shape index (κ3) is 0.781. The summed E-state index contributed by atoms with van der Waals surface area (Å²) in [6.45, 7) is 0. The van der Waals surface area contributed by atoms with Gasteiger partial charge in [-0.25, -0.2) is 4.39 Å². The zero-order chi connectivity index (χ0) is 8.89.